The standard InChI is InChI=1S/C29H34F3N3O4/c1-27(2,3)20-13-19(14-21(24(20)37)28(4,5)6)22(36)16-35-23(39-7)17-34(15-18-11-9-8-10-12-18)26(35)33-25(38)29(30,31)32/h8-14,17,37H,15-16H2,1-7H3. The van der Waals surface area contributed by atoms with Crippen molar-refractivity contribution in [3.8, 4) is 11.6 Å². The molecule has 1 N–H and O–H groups in total. The molecule has 0 fully saturated rings. The largest absolute Gasteiger partial charge is 0.507 e. The maximum atomic E-state index is 13.6. The molecule has 210 valence electrons. The second kappa shape index (κ2) is 10.7. The Kier molecular flexibility index (Phi) is 8.19. The quantitative estimate of drug-likeness (QED) is 0.414. The Bertz CT molecular complexity index is 1400. The molecule has 1 heterocycles. The van der Waals surface area contributed by atoms with Crippen LogP contribution in [0.25, 0.3) is 0 Å². The molecular weight excluding hydrogens is 511 g/mol. The molecule has 7 nitrogen and oxygen atoms in total. The third kappa shape index (κ3) is 6.79. The minimum Gasteiger partial charge on any atom is -0.507 e. The predicted octanol–water partition coefficient (Wildman–Crippen LogP) is 5.52. The summed E-state index contributed by atoms with van der Waals surface area (Å²) in [5.41, 5.74) is 0.766. The molecule has 0 bridgehead atoms. The normalized spacial score (nSPS) is 13.0. The molecule has 2 aromatic carbocycles. The van der Waals surface area contributed by atoms with Gasteiger partial charge in [0.25, 0.3) is 0 Å². The highest BCUT2D eigenvalue weighted by Gasteiger charge is 2.39. The van der Waals surface area contributed by atoms with E-state index in [0.29, 0.717) is 11.1 Å². The summed E-state index contributed by atoms with van der Waals surface area (Å²) in [5.74, 6) is -2.60. The van der Waals surface area contributed by atoms with E-state index in [1.54, 1.807) is 42.5 Å². The number of aromatic hydroxyl groups is 1. The maximum absolute atomic E-state index is 13.6. The Balaban J connectivity index is 2.20. The first-order valence-electron chi connectivity index (χ1n) is 12.4. The smallest absolute Gasteiger partial charge is 0.473 e. The van der Waals surface area contributed by atoms with Crippen molar-refractivity contribution in [3.05, 3.63) is 76.5 Å². The number of ether oxygens (including phenoxy) is 1. The highest BCUT2D eigenvalue weighted by Crippen LogP contribution is 2.40. The number of Topliss-reactive ketones (excluding diaryl/α,β-unsaturated/α-hetero) is 1. The molecular formula is C29H34F3N3O4. The number of hydrogen-bond donors (Lipinski definition) is 1. The second-order valence-corrected chi connectivity index (χ2v) is 11.4. The van der Waals surface area contributed by atoms with Gasteiger partial charge in [-0.1, -0.05) is 71.9 Å². The van der Waals surface area contributed by atoms with Crippen molar-refractivity contribution in [2.45, 2.75) is 71.6 Å². The van der Waals surface area contributed by atoms with Crippen molar-refractivity contribution in [1.29, 1.82) is 0 Å². The minimum atomic E-state index is -5.20. The molecule has 0 saturated heterocycles. The Morgan fingerprint density at radius 2 is 1.49 bits per heavy atom. The second-order valence-electron chi connectivity index (χ2n) is 11.4. The van der Waals surface area contributed by atoms with Crippen LogP contribution in [-0.2, 0) is 28.7 Å². The zero-order valence-electron chi connectivity index (χ0n) is 23.2. The highest BCUT2D eigenvalue weighted by atomic mass is 19.4. The molecule has 0 aliphatic carbocycles. The molecule has 0 aliphatic heterocycles. The minimum absolute atomic E-state index is 0.0545. The van der Waals surface area contributed by atoms with Crippen molar-refractivity contribution < 1.29 is 32.6 Å². The number of aromatic nitrogens is 2. The molecule has 3 aromatic rings. The van der Waals surface area contributed by atoms with E-state index in [-0.39, 0.29) is 29.4 Å². The van der Waals surface area contributed by atoms with Crippen LogP contribution in [0, 0.1) is 0 Å². The maximum Gasteiger partial charge on any atom is 0.473 e. The van der Waals surface area contributed by atoms with Crippen molar-refractivity contribution in [3.63, 3.8) is 0 Å². The van der Waals surface area contributed by atoms with Crippen molar-refractivity contribution in [2.24, 2.45) is 4.99 Å². The lowest BCUT2D eigenvalue weighted by Gasteiger charge is -2.28. The van der Waals surface area contributed by atoms with Gasteiger partial charge in [0.15, 0.2) is 5.78 Å². The Labute approximate surface area is 225 Å². The number of halogens is 3. The van der Waals surface area contributed by atoms with Gasteiger partial charge in [-0.25, -0.2) is 0 Å². The number of alkyl halides is 3. The molecule has 0 saturated carbocycles. The summed E-state index contributed by atoms with van der Waals surface area (Å²) in [6.45, 7) is 11.1. The lowest BCUT2D eigenvalue weighted by molar-refractivity contribution is -0.169. The number of imidazole rings is 1. The number of hydrogen-bond acceptors (Lipinski definition) is 4. The number of carbonyl (C=O) groups is 2. The van der Waals surface area contributed by atoms with E-state index in [4.69, 9.17) is 4.74 Å². The van der Waals surface area contributed by atoms with E-state index >= 15 is 0 Å². The number of rotatable bonds is 6. The number of carbonyl (C=O) groups excluding carboxylic acids is 2. The third-order valence-corrected chi connectivity index (χ3v) is 6.23. The molecule has 10 heteroatoms. The molecule has 1 aromatic heterocycles. The first kappa shape index (κ1) is 29.7. The van der Waals surface area contributed by atoms with Crippen LogP contribution >= 0.6 is 0 Å². The van der Waals surface area contributed by atoms with Gasteiger partial charge in [0.05, 0.1) is 26.4 Å². The molecule has 0 radical (unpaired) electrons. The van der Waals surface area contributed by atoms with Crippen molar-refractivity contribution >= 4 is 11.7 Å². The highest BCUT2D eigenvalue weighted by molar-refractivity contribution is 5.97. The van der Waals surface area contributed by atoms with Crippen molar-refractivity contribution in [2.75, 3.05) is 7.11 Å². The fourth-order valence-electron chi connectivity index (χ4n) is 4.17. The van der Waals surface area contributed by atoms with Gasteiger partial charge in [0, 0.05) is 16.7 Å². The summed E-state index contributed by atoms with van der Waals surface area (Å²) < 4.78 is 47.5. The van der Waals surface area contributed by atoms with Crippen LogP contribution in [0.1, 0.15) is 68.6 Å². The fraction of sp³-hybridized carbons (Fsp3) is 0.414. The molecule has 0 atom stereocenters. The number of ketones is 1. The Morgan fingerprint density at radius 1 is 0.949 bits per heavy atom. The van der Waals surface area contributed by atoms with E-state index in [0.717, 1.165) is 10.1 Å². The lowest BCUT2D eigenvalue weighted by Crippen LogP contribution is -2.33. The first-order chi connectivity index (χ1) is 17.9. The Hall–Kier alpha value is -3.82. The summed E-state index contributed by atoms with van der Waals surface area (Å²) in [6.07, 6.45) is -3.79. The SMILES string of the molecule is COc1cn(Cc2ccccc2)c(=NC(=O)C(F)(F)F)n1CC(=O)c1cc(C(C)(C)C)c(O)c(C(C)(C)C)c1. The number of benzene rings is 2. The van der Waals surface area contributed by atoms with Gasteiger partial charge in [-0.2, -0.15) is 18.2 Å². The summed E-state index contributed by atoms with van der Waals surface area (Å²) >= 11 is 0. The molecule has 1 amide bonds. The van der Waals surface area contributed by atoms with Crippen LogP contribution in [0.3, 0.4) is 0 Å². The topological polar surface area (TPSA) is 85.8 Å². The van der Waals surface area contributed by atoms with E-state index < -0.39 is 35.2 Å². The van der Waals surface area contributed by atoms with Crippen LogP contribution in [-0.4, -0.2) is 39.2 Å². The average molecular weight is 546 g/mol. The summed E-state index contributed by atoms with van der Waals surface area (Å²) in [5, 5.41) is 11.0. The molecule has 0 aliphatic rings. The van der Waals surface area contributed by atoms with Crippen LogP contribution < -0.4 is 10.4 Å². The van der Waals surface area contributed by atoms with Gasteiger partial charge in [0.1, 0.15) is 5.75 Å². The zero-order chi connectivity index (χ0) is 29.3. The number of methoxy groups -OCH3 is 1. The van der Waals surface area contributed by atoms with Crippen molar-refractivity contribution in [1.82, 2.24) is 9.13 Å². The predicted molar refractivity (Wildman–Crippen MR) is 141 cm³/mol. The number of nitrogens with zero attached hydrogens (tertiary/aromatic N) is 3. The van der Waals surface area contributed by atoms with Gasteiger partial charge in [0.2, 0.25) is 11.5 Å². The van der Waals surface area contributed by atoms with Gasteiger partial charge in [-0.3, -0.25) is 14.2 Å². The molecule has 39 heavy (non-hydrogen) atoms. The fourth-order valence-corrected chi connectivity index (χ4v) is 4.17. The summed E-state index contributed by atoms with van der Waals surface area (Å²) in [4.78, 5) is 28.9. The van der Waals surface area contributed by atoms with Gasteiger partial charge >= 0.3 is 12.1 Å². The van der Waals surface area contributed by atoms with E-state index in [2.05, 4.69) is 4.99 Å². The molecule has 3 rings (SSSR count). The molecule has 0 unspecified atom stereocenters. The van der Waals surface area contributed by atoms with Gasteiger partial charge < -0.3 is 14.4 Å². The van der Waals surface area contributed by atoms with E-state index in [1.165, 1.54) is 17.9 Å². The summed E-state index contributed by atoms with van der Waals surface area (Å²) in [7, 11) is 1.31. The first-order valence-corrected chi connectivity index (χ1v) is 12.4. The summed E-state index contributed by atoms with van der Waals surface area (Å²) in [6, 6.07) is 12.1. The number of phenolic OH excluding ortho intramolecular Hbond substituents is 1. The van der Waals surface area contributed by atoms with Crippen LogP contribution in [0.2, 0.25) is 0 Å². The molecule has 0 spiro atoms. The monoisotopic (exact) mass is 545 g/mol. The van der Waals surface area contributed by atoms with E-state index in [1.807, 2.05) is 41.5 Å². The average Bonchev–Trinajstić information content (AvgIpc) is 3.13. The Morgan fingerprint density at radius 3 is 1.95 bits per heavy atom. The zero-order valence-corrected chi connectivity index (χ0v) is 23.2. The number of phenols is 1. The van der Waals surface area contributed by atoms with Crippen LogP contribution in [0.5, 0.6) is 11.6 Å². The van der Waals surface area contributed by atoms with Gasteiger partial charge in [-0.15, -0.1) is 0 Å². The van der Waals surface area contributed by atoms with Gasteiger partial charge in [-0.05, 0) is 28.5 Å². The van der Waals surface area contributed by atoms with Crippen LogP contribution in [0.4, 0.5) is 13.2 Å². The van der Waals surface area contributed by atoms with Crippen LogP contribution in [0.15, 0.2) is 53.7 Å². The van der Waals surface area contributed by atoms with E-state index in [9.17, 15) is 27.9 Å². The third-order valence-electron chi connectivity index (χ3n) is 6.23. The number of amides is 1. The lowest BCUT2D eigenvalue weighted by atomic mass is 9.78.